The first-order chi connectivity index (χ1) is 11.2. The Kier molecular flexibility index (Phi) is 6.82. The van der Waals surface area contributed by atoms with Crippen LogP contribution in [0.5, 0.6) is 0 Å². The van der Waals surface area contributed by atoms with Gasteiger partial charge in [0, 0.05) is 31.6 Å². The Morgan fingerprint density at radius 1 is 1.25 bits per heavy atom. The Balaban J connectivity index is 0.00000208. The van der Waals surface area contributed by atoms with Gasteiger partial charge >= 0.3 is 0 Å². The first kappa shape index (κ1) is 18.5. The van der Waals surface area contributed by atoms with Crippen molar-refractivity contribution >= 4 is 18.3 Å². The average molecular weight is 349 g/mol. The molecule has 0 saturated heterocycles. The van der Waals surface area contributed by atoms with Crippen molar-refractivity contribution < 1.29 is 4.79 Å². The second-order valence-electron chi connectivity index (χ2n) is 6.25. The lowest BCUT2D eigenvalue weighted by molar-refractivity contribution is -0.122. The first-order valence-corrected chi connectivity index (χ1v) is 8.34. The lowest BCUT2D eigenvalue weighted by Gasteiger charge is -2.14. The molecule has 2 atom stereocenters. The second-order valence-corrected chi connectivity index (χ2v) is 6.25. The van der Waals surface area contributed by atoms with Crippen LogP contribution >= 0.6 is 12.4 Å². The van der Waals surface area contributed by atoms with E-state index in [1.807, 2.05) is 47.3 Å². The number of benzene rings is 1. The normalized spacial score (nSPS) is 19.7. The number of hydrogen-bond donors (Lipinski definition) is 2. The average Bonchev–Trinajstić information content (AvgIpc) is 3.18. The minimum atomic E-state index is 0. The highest BCUT2D eigenvalue weighted by atomic mass is 35.5. The van der Waals surface area contributed by atoms with Gasteiger partial charge in [-0.2, -0.15) is 5.10 Å². The molecule has 1 amide bonds. The molecule has 0 spiro atoms. The summed E-state index contributed by atoms with van der Waals surface area (Å²) in [4.78, 5) is 12.0. The monoisotopic (exact) mass is 348 g/mol. The number of hydrogen-bond acceptors (Lipinski definition) is 3. The summed E-state index contributed by atoms with van der Waals surface area (Å²) in [6, 6.07) is 12.2. The molecule has 2 aromatic rings. The smallest absolute Gasteiger partial charge is 0.220 e. The number of nitrogens with zero attached hydrogens (tertiary/aromatic N) is 2. The highest BCUT2D eigenvalue weighted by Gasteiger charge is 2.25. The summed E-state index contributed by atoms with van der Waals surface area (Å²) in [5.74, 6) is 0.460. The molecule has 0 aliphatic heterocycles. The van der Waals surface area contributed by atoms with Gasteiger partial charge in [-0.3, -0.25) is 4.79 Å². The van der Waals surface area contributed by atoms with Gasteiger partial charge in [-0.05, 0) is 37.0 Å². The van der Waals surface area contributed by atoms with Gasteiger partial charge in [0.2, 0.25) is 5.91 Å². The van der Waals surface area contributed by atoms with Crippen molar-refractivity contribution in [3.63, 3.8) is 0 Å². The molecule has 0 unspecified atom stereocenters. The number of aromatic nitrogens is 2. The van der Waals surface area contributed by atoms with E-state index in [9.17, 15) is 4.79 Å². The summed E-state index contributed by atoms with van der Waals surface area (Å²) in [5.41, 5.74) is 8.03. The van der Waals surface area contributed by atoms with Gasteiger partial charge in [-0.15, -0.1) is 12.4 Å². The van der Waals surface area contributed by atoms with Crippen LogP contribution in [0, 0.1) is 5.92 Å². The van der Waals surface area contributed by atoms with Crippen LogP contribution in [0.15, 0.2) is 42.6 Å². The van der Waals surface area contributed by atoms with Crippen molar-refractivity contribution in [1.29, 1.82) is 0 Å². The minimum absolute atomic E-state index is 0. The number of para-hydroxylation sites is 1. The predicted octanol–water partition coefficient (Wildman–Crippen LogP) is 2.47. The number of amides is 1. The van der Waals surface area contributed by atoms with Crippen molar-refractivity contribution in [2.45, 2.75) is 38.1 Å². The Bertz CT molecular complexity index is 643. The summed E-state index contributed by atoms with van der Waals surface area (Å²) in [6.45, 7) is 0.618. The highest BCUT2D eigenvalue weighted by Crippen LogP contribution is 2.26. The molecule has 1 aliphatic carbocycles. The molecule has 1 fully saturated rings. The van der Waals surface area contributed by atoms with Gasteiger partial charge in [0.1, 0.15) is 0 Å². The molecule has 1 heterocycles. The van der Waals surface area contributed by atoms with Crippen molar-refractivity contribution in [2.24, 2.45) is 11.7 Å². The Labute approximate surface area is 149 Å². The van der Waals surface area contributed by atoms with Crippen molar-refractivity contribution in [3.8, 4) is 5.69 Å². The maximum absolute atomic E-state index is 12.0. The van der Waals surface area contributed by atoms with Crippen LogP contribution in [0.3, 0.4) is 0 Å². The topological polar surface area (TPSA) is 72.9 Å². The highest BCUT2D eigenvalue weighted by molar-refractivity contribution is 5.85. The van der Waals surface area contributed by atoms with Crippen LogP contribution in [0.25, 0.3) is 5.69 Å². The van der Waals surface area contributed by atoms with E-state index in [0.717, 1.165) is 37.1 Å². The molecule has 3 rings (SSSR count). The lowest BCUT2D eigenvalue weighted by atomic mass is 10.00. The number of carbonyl (C=O) groups is 1. The second kappa shape index (κ2) is 8.85. The first-order valence-electron chi connectivity index (χ1n) is 8.34. The molecule has 3 N–H and O–H groups in total. The fourth-order valence-electron chi connectivity index (χ4n) is 3.18. The molecular weight excluding hydrogens is 324 g/mol. The standard InChI is InChI=1S/C18H24N4O.ClH/c19-17-8-4-5-14(17)13-18(23)20-11-9-15-10-12-22(21-15)16-6-2-1-3-7-16;/h1-3,6-7,10,12,14,17H,4-5,8-9,11,13,19H2,(H,20,23);1H/t14-,17+;/m0./s1. The van der Waals surface area contributed by atoms with Gasteiger partial charge in [0.15, 0.2) is 0 Å². The zero-order valence-electron chi connectivity index (χ0n) is 13.7. The van der Waals surface area contributed by atoms with Crippen molar-refractivity contribution in [1.82, 2.24) is 15.1 Å². The third-order valence-electron chi connectivity index (χ3n) is 4.53. The summed E-state index contributed by atoms with van der Waals surface area (Å²) in [7, 11) is 0. The molecule has 130 valence electrons. The van der Waals surface area contributed by atoms with E-state index < -0.39 is 0 Å². The van der Waals surface area contributed by atoms with E-state index in [2.05, 4.69) is 10.4 Å². The minimum Gasteiger partial charge on any atom is -0.356 e. The Morgan fingerprint density at radius 3 is 2.75 bits per heavy atom. The van der Waals surface area contributed by atoms with Crippen molar-refractivity contribution in [3.05, 3.63) is 48.3 Å². The number of nitrogens with one attached hydrogen (secondary N) is 1. The van der Waals surface area contributed by atoms with Crippen LogP contribution in [0.2, 0.25) is 0 Å². The molecule has 1 aromatic heterocycles. The fraction of sp³-hybridized carbons (Fsp3) is 0.444. The third kappa shape index (κ3) is 4.82. The van der Waals surface area contributed by atoms with E-state index >= 15 is 0 Å². The van der Waals surface area contributed by atoms with Gasteiger partial charge in [-0.1, -0.05) is 24.6 Å². The largest absolute Gasteiger partial charge is 0.356 e. The van der Waals surface area contributed by atoms with E-state index in [0.29, 0.717) is 18.9 Å². The quantitative estimate of drug-likeness (QED) is 0.842. The maximum Gasteiger partial charge on any atom is 0.220 e. The van der Waals surface area contributed by atoms with Gasteiger partial charge in [0.05, 0.1) is 11.4 Å². The summed E-state index contributed by atoms with van der Waals surface area (Å²) in [6.07, 6.45) is 6.52. The fourth-order valence-corrected chi connectivity index (χ4v) is 3.18. The van der Waals surface area contributed by atoms with Crippen LogP contribution in [-0.4, -0.2) is 28.3 Å². The number of carbonyl (C=O) groups excluding carboxylic acids is 1. The van der Waals surface area contributed by atoms with Gasteiger partial charge < -0.3 is 11.1 Å². The molecule has 1 saturated carbocycles. The zero-order chi connectivity index (χ0) is 16.1. The van der Waals surface area contributed by atoms with Crippen LogP contribution in [-0.2, 0) is 11.2 Å². The number of rotatable bonds is 6. The molecule has 6 heteroatoms. The summed E-state index contributed by atoms with van der Waals surface area (Å²) >= 11 is 0. The zero-order valence-corrected chi connectivity index (χ0v) is 14.5. The maximum atomic E-state index is 12.0. The predicted molar refractivity (Wildman–Crippen MR) is 97.5 cm³/mol. The van der Waals surface area contributed by atoms with E-state index in [1.54, 1.807) is 0 Å². The summed E-state index contributed by atoms with van der Waals surface area (Å²) in [5, 5.41) is 7.52. The number of halogens is 1. The Morgan fingerprint density at radius 2 is 2.04 bits per heavy atom. The van der Waals surface area contributed by atoms with E-state index in [1.165, 1.54) is 0 Å². The van der Waals surface area contributed by atoms with Crippen molar-refractivity contribution in [2.75, 3.05) is 6.54 Å². The van der Waals surface area contributed by atoms with Crippen LogP contribution in [0.1, 0.15) is 31.4 Å². The third-order valence-corrected chi connectivity index (χ3v) is 4.53. The molecular formula is C18H25ClN4O. The lowest BCUT2D eigenvalue weighted by Crippen LogP contribution is -2.32. The van der Waals surface area contributed by atoms with Crippen LogP contribution < -0.4 is 11.1 Å². The molecule has 1 aliphatic rings. The van der Waals surface area contributed by atoms with E-state index in [-0.39, 0.29) is 24.4 Å². The molecule has 5 nitrogen and oxygen atoms in total. The SMILES string of the molecule is Cl.N[C@@H]1CCC[C@H]1CC(=O)NCCc1ccn(-c2ccccc2)n1. The Hall–Kier alpha value is -1.85. The molecule has 24 heavy (non-hydrogen) atoms. The summed E-state index contributed by atoms with van der Waals surface area (Å²) < 4.78 is 1.86. The van der Waals surface area contributed by atoms with E-state index in [4.69, 9.17) is 5.73 Å². The molecule has 1 aromatic carbocycles. The van der Waals surface area contributed by atoms with Gasteiger partial charge in [-0.25, -0.2) is 4.68 Å². The molecule has 0 bridgehead atoms. The van der Waals surface area contributed by atoms with Crippen LogP contribution in [0.4, 0.5) is 0 Å². The number of nitrogens with two attached hydrogens (primary N) is 1. The van der Waals surface area contributed by atoms with Gasteiger partial charge in [0.25, 0.3) is 0 Å². The molecule has 0 radical (unpaired) electrons.